The summed E-state index contributed by atoms with van der Waals surface area (Å²) in [4.78, 5) is 2.35. The Morgan fingerprint density at radius 2 is 1.94 bits per heavy atom. The van der Waals surface area contributed by atoms with Crippen molar-refractivity contribution in [1.29, 1.82) is 0 Å². The molecule has 2 heterocycles. The van der Waals surface area contributed by atoms with Gasteiger partial charge in [0, 0.05) is 25.7 Å². The van der Waals surface area contributed by atoms with Crippen molar-refractivity contribution in [2.45, 2.75) is 6.54 Å². The molecule has 0 aromatic heterocycles. The number of aromatic hydroxyl groups is 1. The van der Waals surface area contributed by atoms with Gasteiger partial charge in [-0.2, -0.15) is 0 Å². The van der Waals surface area contributed by atoms with Crippen LogP contribution in [-0.4, -0.2) is 36.2 Å². The molecule has 0 radical (unpaired) electrons. The highest BCUT2D eigenvalue weighted by atomic mass is 19.1. The first-order valence-corrected chi connectivity index (χ1v) is 6.12. The Morgan fingerprint density at radius 3 is 2.59 bits per heavy atom. The maximum atomic E-state index is 13.1. The number of halogens is 1. The lowest BCUT2D eigenvalue weighted by Crippen LogP contribution is -2.25. The summed E-state index contributed by atoms with van der Waals surface area (Å²) in [6.07, 6.45) is 0. The van der Waals surface area contributed by atoms with Gasteiger partial charge in [-0.15, -0.1) is 0 Å². The Kier molecular flexibility index (Phi) is 2.76. The molecule has 1 aromatic carbocycles. The highest BCUT2D eigenvalue weighted by Gasteiger charge is 2.35. The maximum absolute atomic E-state index is 13.1. The molecule has 1 aromatic rings. The van der Waals surface area contributed by atoms with Gasteiger partial charge in [-0.3, -0.25) is 4.90 Å². The van der Waals surface area contributed by atoms with E-state index in [9.17, 15) is 9.50 Å². The van der Waals surface area contributed by atoms with Gasteiger partial charge in [0.15, 0.2) is 0 Å². The first-order chi connectivity index (χ1) is 8.20. The fourth-order valence-electron chi connectivity index (χ4n) is 3.06. The van der Waals surface area contributed by atoms with Crippen molar-refractivity contribution in [1.82, 2.24) is 10.2 Å². The Bertz CT molecular complexity index is 392. The number of likely N-dealkylation sites (tertiary alicyclic amines) is 1. The van der Waals surface area contributed by atoms with Gasteiger partial charge in [-0.05, 0) is 42.6 Å². The summed E-state index contributed by atoms with van der Waals surface area (Å²) in [6.45, 7) is 5.10. The molecular formula is C13H17FN2O. The van der Waals surface area contributed by atoms with E-state index >= 15 is 0 Å². The molecule has 0 bridgehead atoms. The van der Waals surface area contributed by atoms with Crippen LogP contribution in [0.2, 0.25) is 0 Å². The van der Waals surface area contributed by atoms with Gasteiger partial charge in [-0.1, -0.05) is 0 Å². The minimum atomic E-state index is -0.360. The number of nitrogens with one attached hydrogen (secondary N) is 1. The number of benzene rings is 1. The van der Waals surface area contributed by atoms with E-state index in [0.29, 0.717) is 0 Å². The molecule has 2 aliphatic heterocycles. The van der Waals surface area contributed by atoms with Crippen LogP contribution in [0.25, 0.3) is 0 Å². The van der Waals surface area contributed by atoms with Gasteiger partial charge in [0.25, 0.3) is 0 Å². The summed E-state index contributed by atoms with van der Waals surface area (Å²) < 4.78 is 13.1. The smallest absolute Gasteiger partial charge is 0.127 e. The SMILES string of the molecule is Oc1cc(F)cc(CN2C[C@H]3CNC[C@H]3C2)c1. The van der Waals surface area contributed by atoms with E-state index in [4.69, 9.17) is 0 Å². The molecule has 0 unspecified atom stereocenters. The molecular weight excluding hydrogens is 219 g/mol. The molecule has 2 atom stereocenters. The van der Waals surface area contributed by atoms with Crippen molar-refractivity contribution in [2.24, 2.45) is 11.8 Å². The van der Waals surface area contributed by atoms with Crippen molar-refractivity contribution in [3.63, 3.8) is 0 Å². The van der Waals surface area contributed by atoms with Gasteiger partial charge in [0.2, 0.25) is 0 Å². The van der Waals surface area contributed by atoms with Crippen LogP contribution in [0.4, 0.5) is 4.39 Å². The van der Waals surface area contributed by atoms with Gasteiger partial charge < -0.3 is 10.4 Å². The van der Waals surface area contributed by atoms with Crippen LogP contribution in [0, 0.1) is 17.7 Å². The monoisotopic (exact) mass is 236 g/mol. The highest BCUT2D eigenvalue weighted by Crippen LogP contribution is 2.28. The molecule has 4 heteroatoms. The lowest BCUT2D eigenvalue weighted by molar-refractivity contribution is 0.304. The van der Waals surface area contributed by atoms with Gasteiger partial charge in [0.05, 0.1) is 0 Å². The summed E-state index contributed by atoms with van der Waals surface area (Å²) >= 11 is 0. The Morgan fingerprint density at radius 1 is 1.24 bits per heavy atom. The summed E-state index contributed by atoms with van der Waals surface area (Å²) in [5, 5.41) is 12.8. The second kappa shape index (κ2) is 4.27. The molecule has 2 saturated heterocycles. The quantitative estimate of drug-likeness (QED) is 0.809. The molecule has 0 aliphatic carbocycles. The number of rotatable bonds is 2. The summed E-state index contributed by atoms with van der Waals surface area (Å²) in [5.41, 5.74) is 0.857. The molecule has 0 spiro atoms. The topological polar surface area (TPSA) is 35.5 Å². The number of hydrogen-bond acceptors (Lipinski definition) is 3. The molecule has 3 nitrogen and oxygen atoms in total. The molecule has 0 saturated carbocycles. The molecule has 92 valence electrons. The van der Waals surface area contributed by atoms with Crippen molar-refractivity contribution >= 4 is 0 Å². The third-order valence-electron chi connectivity index (χ3n) is 3.81. The van der Waals surface area contributed by atoms with Crippen LogP contribution in [-0.2, 0) is 6.54 Å². The van der Waals surface area contributed by atoms with E-state index in [2.05, 4.69) is 10.2 Å². The number of hydrogen-bond donors (Lipinski definition) is 2. The van der Waals surface area contributed by atoms with Gasteiger partial charge in [-0.25, -0.2) is 4.39 Å². The number of phenols is 1. The zero-order valence-electron chi connectivity index (χ0n) is 9.69. The Balaban J connectivity index is 1.67. The number of nitrogens with zero attached hydrogens (tertiary/aromatic N) is 1. The van der Waals surface area contributed by atoms with E-state index in [1.165, 1.54) is 6.07 Å². The highest BCUT2D eigenvalue weighted by molar-refractivity contribution is 5.28. The minimum Gasteiger partial charge on any atom is -0.508 e. The largest absolute Gasteiger partial charge is 0.508 e. The predicted octanol–water partition coefficient (Wildman–Crippen LogP) is 1.18. The lowest BCUT2D eigenvalue weighted by atomic mass is 10.0. The predicted molar refractivity (Wildman–Crippen MR) is 63.2 cm³/mol. The van der Waals surface area contributed by atoms with Crippen molar-refractivity contribution < 1.29 is 9.50 Å². The van der Waals surface area contributed by atoms with E-state index < -0.39 is 0 Å². The normalized spacial score (nSPS) is 28.5. The second-order valence-corrected chi connectivity index (χ2v) is 5.19. The molecule has 0 amide bonds. The summed E-state index contributed by atoms with van der Waals surface area (Å²) in [5.74, 6) is 1.15. The zero-order chi connectivity index (χ0) is 11.8. The molecule has 3 rings (SSSR count). The summed E-state index contributed by atoms with van der Waals surface area (Å²) in [7, 11) is 0. The molecule has 17 heavy (non-hydrogen) atoms. The van der Waals surface area contributed by atoms with E-state index in [1.807, 2.05) is 0 Å². The fraction of sp³-hybridized carbons (Fsp3) is 0.538. The third-order valence-corrected chi connectivity index (χ3v) is 3.81. The van der Waals surface area contributed by atoms with Crippen molar-refractivity contribution in [3.05, 3.63) is 29.6 Å². The van der Waals surface area contributed by atoms with Crippen LogP contribution < -0.4 is 5.32 Å². The van der Waals surface area contributed by atoms with E-state index in [-0.39, 0.29) is 11.6 Å². The zero-order valence-corrected chi connectivity index (χ0v) is 9.69. The van der Waals surface area contributed by atoms with Crippen molar-refractivity contribution in [2.75, 3.05) is 26.2 Å². The lowest BCUT2D eigenvalue weighted by Gasteiger charge is -2.17. The third kappa shape index (κ3) is 2.28. The number of fused-ring (bicyclic) bond motifs is 1. The standard InChI is InChI=1S/C13H17FN2O/c14-12-1-9(2-13(17)3-12)6-16-7-10-4-15-5-11(10)8-16/h1-3,10-11,15,17H,4-8H2/t10-,11+. The average molecular weight is 236 g/mol. The summed E-state index contributed by atoms with van der Waals surface area (Å²) in [6, 6.07) is 4.30. The first kappa shape index (κ1) is 11.0. The Hall–Kier alpha value is -1.13. The van der Waals surface area contributed by atoms with Crippen LogP contribution in [0.5, 0.6) is 5.75 Å². The first-order valence-electron chi connectivity index (χ1n) is 6.12. The van der Waals surface area contributed by atoms with Crippen LogP contribution in [0.15, 0.2) is 18.2 Å². The average Bonchev–Trinajstić information content (AvgIpc) is 2.75. The fourth-order valence-corrected chi connectivity index (χ4v) is 3.06. The number of phenolic OH excluding ortho intramolecular Hbond substituents is 1. The van der Waals surface area contributed by atoms with Crippen LogP contribution in [0.3, 0.4) is 0 Å². The van der Waals surface area contributed by atoms with Crippen molar-refractivity contribution in [3.8, 4) is 5.75 Å². The minimum absolute atomic E-state index is 0.0149. The molecule has 2 N–H and O–H groups in total. The molecule has 2 aliphatic rings. The van der Waals surface area contributed by atoms with Gasteiger partial charge in [0.1, 0.15) is 11.6 Å². The van der Waals surface area contributed by atoms with E-state index in [1.54, 1.807) is 6.07 Å². The van der Waals surface area contributed by atoms with E-state index in [0.717, 1.165) is 56.2 Å². The van der Waals surface area contributed by atoms with Crippen LogP contribution in [0.1, 0.15) is 5.56 Å². The van der Waals surface area contributed by atoms with Crippen LogP contribution >= 0.6 is 0 Å². The maximum Gasteiger partial charge on any atom is 0.127 e. The van der Waals surface area contributed by atoms with Gasteiger partial charge >= 0.3 is 0 Å². The Labute approximate surface area is 100 Å². The molecule has 2 fully saturated rings. The second-order valence-electron chi connectivity index (χ2n) is 5.19.